The highest BCUT2D eigenvalue weighted by atomic mass is 35.5. The topological polar surface area (TPSA) is 58.6 Å². The van der Waals surface area contributed by atoms with Crippen LogP contribution in [0.5, 0.6) is 0 Å². The number of hydrogen-bond acceptors (Lipinski definition) is 3. The number of ether oxygens (including phenoxy) is 1. The van der Waals surface area contributed by atoms with E-state index >= 15 is 0 Å². The molecular weight excluding hydrogens is 280 g/mol. The van der Waals surface area contributed by atoms with Gasteiger partial charge in [-0.15, -0.1) is 0 Å². The number of halogens is 1. The fraction of sp³-hybridized carbons (Fsp3) is 0.429. The van der Waals surface area contributed by atoms with Crippen LogP contribution in [0, 0.1) is 0 Å². The largest absolute Gasteiger partial charge is 0.378 e. The van der Waals surface area contributed by atoms with Crippen molar-refractivity contribution in [2.24, 2.45) is 0 Å². The summed E-state index contributed by atoms with van der Waals surface area (Å²) in [6.07, 6.45) is 0. The molecule has 1 aromatic carbocycles. The van der Waals surface area contributed by atoms with Crippen LogP contribution in [0.3, 0.4) is 0 Å². The molecule has 1 fully saturated rings. The molecule has 0 aliphatic carbocycles. The maximum Gasteiger partial charge on any atom is 0.251 e. The summed E-state index contributed by atoms with van der Waals surface area (Å²) in [5, 5.41) is 3.18. The summed E-state index contributed by atoms with van der Waals surface area (Å²) < 4.78 is 5.20. The molecule has 6 heteroatoms. The third kappa shape index (κ3) is 3.71. The monoisotopic (exact) mass is 296 g/mol. The molecule has 1 aliphatic heterocycles. The molecule has 1 saturated heterocycles. The second-order valence-corrected chi connectivity index (χ2v) is 5.08. The number of carbonyl (C=O) groups is 2. The summed E-state index contributed by atoms with van der Waals surface area (Å²) in [5.41, 5.74) is 0.444. The van der Waals surface area contributed by atoms with Crippen LogP contribution in [0.2, 0.25) is 5.02 Å². The van der Waals surface area contributed by atoms with Crippen molar-refractivity contribution in [1.29, 1.82) is 0 Å². The van der Waals surface area contributed by atoms with E-state index in [9.17, 15) is 9.59 Å². The quantitative estimate of drug-likeness (QED) is 0.915. The molecule has 1 N–H and O–H groups in total. The van der Waals surface area contributed by atoms with Gasteiger partial charge in [-0.3, -0.25) is 9.59 Å². The van der Waals surface area contributed by atoms with E-state index in [2.05, 4.69) is 5.32 Å². The zero-order valence-corrected chi connectivity index (χ0v) is 12.0. The van der Waals surface area contributed by atoms with Gasteiger partial charge in [-0.05, 0) is 25.1 Å². The van der Waals surface area contributed by atoms with Gasteiger partial charge in [0.1, 0.15) is 6.04 Å². The Morgan fingerprint density at radius 3 is 2.70 bits per heavy atom. The molecule has 1 heterocycles. The number of benzene rings is 1. The highest BCUT2D eigenvalue weighted by Crippen LogP contribution is 2.11. The molecule has 108 valence electrons. The molecule has 2 amide bonds. The minimum absolute atomic E-state index is 0.0938. The van der Waals surface area contributed by atoms with Gasteiger partial charge in [0.2, 0.25) is 5.91 Å². The maximum atomic E-state index is 12.2. The second-order valence-electron chi connectivity index (χ2n) is 4.64. The van der Waals surface area contributed by atoms with Crippen molar-refractivity contribution in [1.82, 2.24) is 10.2 Å². The molecule has 20 heavy (non-hydrogen) atoms. The van der Waals surface area contributed by atoms with Crippen molar-refractivity contribution < 1.29 is 14.3 Å². The Labute approximate surface area is 122 Å². The number of rotatable bonds is 3. The van der Waals surface area contributed by atoms with Crippen LogP contribution in [0.25, 0.3) is 0 Å². The fourth-order valence-electron chi connectivity index (χ4n) is 2.03. The average Bonchev–Trinajstić information content (AvgIpc) is 2.47. The third-order valence-electron chi connectivity index (χ3n) is 3.13. The molecule has 2 rings (SSSR count). The van der Waals surface area contributed by atoms with E-state index in [1.165, 1.54) is 0 Å². The lowest BCUT2D eigenvalue weighted by Crippen LogP contribution is -2.50. The Morgan fingerprint density at radius 2 is 2.05 bits per heavy atom. The summed E-state index contributed by atoms with van der Waals surface area (Å²) in [7, 11) is 0. The van der Waals surface area contributed by atoms with Gasteiger partial charge in [0, 0.05) is 23.7 Å². The summed E-state index contributed by atoms with van der Waals surface area (Å²) in [6.45, 7) is 3.90. The predicted octanol–water partition coefficient (Wildman–Crippen LogP) is 1.32. The number of nitrogens with one attached hydrogen (secondary N) is 1. The fourth-order valence-corrected chi connectivity index (χ4v) is 2.22. The van der Waals surface area contributed by atoms with Gasteiger partial charge in [0.15, 0.2) is 0 Å². The summed E-state index contributed by atoms with van der Waals surface area (Å²) in [5.74, 6) is -0.398. The van der Waals surface area contributed by atoms with Crippen LogP contribution >= 0.6 is 11.6 Å². The van der Waals surface area contributed by atoms with Crippen molar-refractivity contribution >= 4 is 23.4 Å². The van der Waals surface area contributed by atoms with Gasteiger partial charge in [0.05, 0.1) is 13.2 Å². The van der Waals surface area contributed by atoms with Gasteiger partial charge < -0.3 is 15.0 Å². The minimum atomic E-state index is -0.570. The van der Waals surface area contributed by atoms with E-state index in [1.54, 1.807) is 36.1 Å². The Hall–Kier alpha value is -1.59. The van der Waals surface area contributed by atoms with Crippen LogP contribution in [-0.2, 0) is 9.53 Å². The zero-order valence-electron chi connectivity index (χ0n) is 11.3. The predicted molar refractivity (Wildman–Crippen MR) is 75.8 cm³/mol. The molecular formula is C14H17ClN2O3. The highest BCUT2D eigenvalue weighted by molar-refractivity contribution is 6.31. The Morgan fingerprint density at radius 1 is 1.35 bits per heavy atom. The molecule has 0 bridgehead atoms. The molecule has 1 aliphatic rings. The summed E-state index contributed by atoms with van der Waals surface area (Å²) in [6, 6.07) is 6.06. The molecule has 0 unspecified atom stereocenters. The van der Waals surface area contributed by atoms with Crippen molar-refractivity contribution in [2.75, 3.05) is 26.3 Å². The first kappa shape index (κ1) is 14.8. The number of hydrogen-bond donors (Lipinski definition) is 1. The van der Waals surface area contributed by atoms with Gasteiger partial charge >= 0.3 is 0 Å². The number of amides is 2. The van der Waals surface area contributed by atoms with Crippen LogP contribution in [0.1, 0.15) is 17.3 Å². The van der Waals surface area contributed by atoms with Crippen LogP contribution in [0.15, 0.2) is 24.3 Å². The maximum absolute atomic E-state index is 12.2. The molecule has 0 aromatic heterocycles. The normalized spacial score (nSPS) is 16.6. The van der Waals surface area contributed by atoms with Crippen LogP contribution < -0.4 is 5.32 Å². The van der Waals surface area contributed by atoms with E-state index < -0.39 is 6.04 Å². The summed E-state index contributed by atoms with van der Waals surface area (Å²) >= 11 is 5.84. The molecule has 1 aromatic rings. The average molecular weight is 297 g/mol. The highest BCUT2D eigenvalue weighted by Gasteiger charge is 2.23. The van der Waals surface area contributed by atoms with E-state index in [1.807, 2.05) is 0 Å². The SMILES string of the molecule is C[C@@H](NC(=O)c1cccc(Cl)c1)C(=O)N1CCOCC1. The van der Waals surface area contributed by atoms with Crippen molar-refractivity contribution in [3.63, 3.8) is 0 Å². The van der Waals surface area contributed by atoms with Crippen LogP contribution in [0.4, 0.5) is 0 Å². The molecule has 0 saturated carbocycles. The third-order valence-corrected chi connectivity index (χ3v) is 3.36. The Bertz CT molecular complexity index is 501. The first-order chi connectivity index (χ1) is 9.58. The van der Waals surface area contributed by atoms with Crippen LogP contribution in [-0.4, -0.2) is 49.1 Å². The molecule has 0 radical (unpaired) electrons. The lowest BCUT2D eigenvalue weighted by molar-refractivity contribution is -0.136. The van der Waals surface area contributed by atoms with E-state index in [-0.39, 0.29) is 11.8 Å². The summed E-state index contributed by atoms with van der Waals surface area (Å²) in [4.78, 5) is 25.9. The lowest BCUT2D eigenvalue weighted by Gasteiger charge is -2.29. The smallest absolute Gasteiger partial charge is 0.251 e. The van der Waals surface area contributed by atoms with Gasteiger partial charge in [-0.2, -0.15) is 0 Å². The molecule has 5 nitrogen and oxygen atoms in total. The van der Waals surface area contributed by atoms with Gasteiger partial charge in [0.25, 0.3) is 5.91 Å². The van der Waals surface area contributed by atoms with Gasteiger partial charge in [-0.1, -0.05) is 17.7 Å². The minimum Gasteiger partial charge on any atom is -0.378 e. The first-order valence-corrected chi connectivity index (χ1v) is 6.88. The van der Waals surface area contributed by atoms with E-state index in [0.29, 0.717) is 36.9 Å². The zero-order chi connectivity index (χ0) is 14.5. The van der Waals surface area contributed by atoms with Crippen molar-refractivity contribution in [2.45, 2.75) is 13.0 Å². The Kier molecular flexibility index (Phi) is 4.98. The molecule has 1 atom stereocenters. The number of nitrogens with zero attached hydrogens (tertiary/aromatic N) is 1. The van der Waals surface area contributed by atoms with E-state index in [4.69, 9.17) is 16.3 Å². The second kappa shape index (κ2) is 6.72. The molecule has 0 spiro atoms. The lowest BCUT2D eigenvalue weighted by atomic mass is 10.2. The number of carbonyl (C=O) groups excluding carboxylic acids is 2. The first-order valence-electron chi connectivity index (χ1n) is 6.51. The standard InChI is InChI=1S/C14H17ClN2O3/c1-10(14(19)17-5-7-20-8-6-17)16-13(18)11-3-2-4-12(15)9-11/h2-4,9-10H,5-8H2,1H3,(H,16,18)/t10-/m1/s1. The van der Waals surface area contributed by atoms with E-state index in [0.717, 1.165) is 0 Å². The number of morpholine rings is 1. The Balaban J connectivity index is 1.94. The van der Waals surface area contributed by atoms with Crippen molar-refractivity contribution in [3.8, 4) is 0 Å². The van der Waals surface area contributed by atoms with Gasteiger partial charge in [-0.25, -0.2) is 0 Å². The van der Waals surface area contributed by atoms with Crippen molar-refractivity contribution in [3.05, 3.63) is 34.9 Å².